The minimum atomic E-state index is 0.381. The van der Waals surface area contributed by atoms with E-state index >= 15 is 0 Å². The number of pyridine rings is 1. The molecule has 0 aliphatic heterocycles. The van der Waals surface area contributed by atoms with E-state index in [1.54, 1.807) is 0 Å². The monoisotopic (exact) mass is 276 g/mol. The van der Waals surface area contributed by atoms with E-state index in [4.69, 9.17) is 4.74 Å². The van der Waals surface area contributed by atoms with Crippen LogP contribution in [0.2, 0.25) is 0 Å². The molecule has 0 unspecified atom stereocenters. The van der Waals surface area contributed by atoms with Gasteiger partial charge in [0.25, 0.3) is 0 Å². The van der Waals surface area contributed by atoms with E-state index in [1.807, 2.05) is 0 Å². The normalized spacial score (nSPS) is 16.0. The van der Waals surface area contributed by atoms with Gasteiger partial charge in [0.2, 0.25) is 5.88 Å². The van der Waals surface area contributed by atoms with Crippen molar-refractivity contribution in [1.29, 1.82) is 0 Å². The molecule has 3 nitrogen and oxygen atoms in total. The van der Waals surface area contributed by atoms with E-state index in [1.165, 1.54) is 31.2 Å². The highest BCUT2D eigenvalue weighted by atomic mass is 16.5. The van der Waals surface area contributed by atoms with Crippen LogP contribution in [0.25, 0.3) is 0 Å². The molecule has 0 radical (unpaired) electrons. The number of aromatic nitrogens is 1. The average Bonchev–Trinajstić information content (AvgIpc) is 2.91. The van der Waals surface area contributed by atoms with Gasteiger partial charge in [0, 0.05) is 18.3 Å². The molecule has 0 atom stereocenters. The van der Waals surface area contributed by atoms with E-state index in [2.05, 4.69) is 43.2 Å². The topological polar surface area (TPSA) is 34.1 Å². The lowest BCUT2D eigenvalue weighted by Crippen LogP contribution is -2.19. The molecule has 20 heavy (non-hydrogen) atoms. The molecule has 112 valence electrons. The number of nitrogens with zero attached hydrogens (tertiary/aromatic N) is 1. The van der Waals surface area contributed by atoms with Crippen LogP contribution in [0, 0.1) is 5.92 Å². The molecule has 1 aromatic heterocycles. The Kier molecular flexibility index (Phi) is 5.84. The number of hydrogen-bond acceptors (Lipinski definition) is 3. The van der Waals surface area contributed by atoms with Gasteiger partial charge in [-0.15, -0.1) is 0 Å². The summed E-state index contributed by atoms with van der Waals surface area (Å²) in [5.74, 6) is 1.49. The predicted octanol–water partition coefficient (Wildman–Crippen LogP) is 3.71. The lowest BCUT2D eigenvalue weighted by molar-refractivity contribution is 0.200. The zero-order valence-electron chi connectivity index (χ0n) is 13.1. The predicted molar refractivity (Wildman–Crippen MR) is 83.0 cm³/mol. The van der Waals surface area contributed by atoms with Crippen molar-refractivity contribution < 1.29 is 4.74 Å². The van der Waals surface area contributed by atoms with Gasteiger partial charge in [-0.3, -0.25) is 0 Å². The highest BCUT2D eigenvalue weighted by Gasteiger charge is 2.17. The fraction of sp³-hybridized carbons (Fsp3) is 0.706. The standard InChI is InChI=1S/C17H28N2O/c1-4-15-9-14(12-18-11-13(2)3)10-17(19-15)20-16-7-5-6-8-16/h9-10,13,16,18H,4-8,11-12H2,1-3H3. The quantitative estimate of drug-likeness (QED) is 0.824. The smallest absolute Gasteiger partial charge is 0.214 e. The maximum Gasteiger partial charge on any atom is 0.214 e. The van der Waals surface area contributed by atoms with Gasteiger partial charge in [0.1, 0.15) is 6.10 Å². The minimum Gasteiger partial charge on any atom is -0.474 e. The summed E-state index contributed by atoms with van der Waals surface area (Å²) in [7, 11) is 0. The maximum atomic E-state index is 6.05. The lowest BCUT2D eigenvalue weighted by atomic mass is 10.2. The number of nitrogens with one attached hydrogen (secondary N) is 1. The van der Waals surface area contributed by atoms with Crippen molar-refractivity contribution in [3.05, 3.63) is 23.4 Å². The van der Waals surface area contributed by atoms with Gasteiger partial charge in [-0.25, -0.2) is 4.98 Å². The molecule has 0 amide bonds. The Hall–Kier alpha value is -1.09. The Morgan fingerprint density at radius 3 is 2.70 bits per heavy atom. The Morgan fingerprint density at radius 2 is 2.05 bits per heavy atom. The van der Waals surface area contributed by atoms with Gasteiger partial charge >= 0.3 is 0 Å². The molecule has 1 saturated carbocycles. The summed E-state index contributed by atoms with van der Waals surface area (Å²) in [6.07, 6.45) is 6.28. The Bertz CT molecular complexity index is 411. The summed E-state index contributed by atoms with van der Waals surface area (Å²) in [5.41, 5.74) is 2.41. The summed E-state index contributed by atoms with van der Waals surface area (Å²) in [6, 6.07) is 4.29. The van der Waals surface area contributed by atoms with Gasteiger partial charge < -0.3 is 10.1 Å². The van der Waals surface area contributed by atoms with Crippen molar-refractivity contribution in [2.24, 2.45) is 5.92 Å². The molecule has 0 aromatic carbocycles. The van der Waals surface area contributed by atoms with E-state index in [0.29, 0.717) is 12.0 Å². The molecule has 1 aliphatic carbocycles. The zero-order valence-corrected chi connectivity index (χ0v) is 13.1. The second-order valence-electron chi connectivity index (χ2n) is 6.21. The van der Waals surface area contributed by atoms with Gasteiger partial charge in [-0.2, -0.15) is 0 Å². The van der Waals surface area contributed by atoms with Crippen LogP contribution in [-0.4, -0.2) is 17.6 Å². The minimum absolute atomic E-state index is 0.381. The fourth-order valence-electron chi connectivity index (χ4n) is 2.65. The van der Waals surface area contributed by atoms with Crippen LogP contribution in [-0.2, 0) is 13.0 Å². The number of ether oxygens (including phenoxy) is 1. The van der Waals surface area contributed by atoms with Crippen LogP contribution in [0.4, 0.5) is 0 Å². The Morgan fingerprint density at radius 1 is 1.30 bits per heavy atom. The summed E-state index contributed by atoms with van der Waals surface area (Å²) in [4.78, 5) is 4.61. The first kappa shape index (κ1) is 15.3. The SMILES string of the molecule is CCc1cc(CNCC(C)C)cc(OC2CCCC2)n1. The van der Waals surface area contributed by atoms with Crippen LogP contribution in [0.15, 0.2) is 12.1 Å². The summed E-state index contributed by atoms with van der Waals surface area (Å²) in [5, 5.41) is 3.49. The van der Waals surface area contributed by atoms with Gasteiger partial charge in [-0.05, 0) is 56.2 Å². The Balaban J connectivity index is 1.99. The van der Waals surface area contributed by atoms with Crippen molar-refractivity contribution in [1.82, 2.24) is 10.3 Å². The maximum absolute atomic E-state index is 6.05. The van der Waals surface area contributed by atoms with Gasteiger partial charge in [0.15, 0.2) is 0 Å². The summed E-state index contributed by atoms with van der Waals surface area (Å²) in [6.45, 7) is 8.54. The van der Waals surface area contributed by atoms with E-state index in [0.717, 1.165) is 31.1 Å². The first-order chi connectivity index (χ1) is 9.67. The van der Waals surface area contributed by atoms with Crippen molar-refractivity contribution in [2.45, 2.75) is 65.5 Å². The van der Waals surface area contributed by atoms with Crippen molar-refractivity contribution in [2.75, 3.05) is 6.54 Å². The molecular formula is C17H28N2O. The highest BCUT2D eigenvalue weighted by Crippen LogP contribution is 2.24. The van der Waals surface area contributed by atoms with Crippen LogP contribution < -0.4 is 10.1 Å². The Labute approximate surface area is 123 Å². The molecule has 3 heteroatoms. The molecule has 1 fully saturated rings. The van der Waals surface area contributed by atoms with E-state index in [-0.39, 0.29) is 0 Å². The second-order valence-corrected chi connectivity index (χ2v) is 6.21. The van der Waals surface area contributed by atoms with E-state index < -0.39 is 0 Å². The molecule has 0 spiro atoms. The highest BCUT2D eigenvalue weighted by molar-refractivity contribution is 5.25. The fourth-order valence-corrected chi connectivity index (χ4v) is 2.65. The number of rotatable bonds is 7. The number of hydrogen-bond donors (Lipinski definition) is 1. The van der Waals surface area contributed by atoms with E-state index in [9.17, 15) is 0 Å². The zero-order chi connectivity index (χ0) is 14.4. The summed E-state index contributed by atoms with van der Waals surface area (Å²) >= 11 is 0. The van der Waals surface area contributed by atoms with Crippen LogP contribution in [0.3, 0.4) is 0 Å². The van der Waals surface area contributed by atoms with Gasteiger partial charge in [0.05, 0.1) is 0 Å². The molecular weight excluding hydrogens is 248 g/mol. The number of aryl methyl sites for hydroxylation is 1. The van der Waals surface area contributed by atoms with Crippen LogP contribution in [0.1, 0.15) is 57.7 Å². The molecule has 0 saturated heterocycles. The third-order valence-electron chi connectivity index (χ3n) is 3.75. The third kappa shape index (κ3) is 4.78. The molecule has 1 N–H and O–H groups in total. The second kappa shape index (κ2) is 7.63. The first-order valence-electron chi connectivity index (χ1n) is 8.04. The molecule has 0 bridgehead atoms. The van der Waals surface area contributed by atoms with Crippen molar-refractivity contribution in [3.63, 3.8) is 0 Å². The largest absolute Gasteiger partial charge is 0.474 e. The molecule has 1 aliphatic rings. The van der Waals surface area contributed by atoms with Crippen molar-refractivity contribution in [3.8, 4) is 5.88 Å². The molecule has 1 aromatic rings. The lowest BCUT2D eigenvalue weighted by Gasteiger charge is -2.15. The van der Waals surface area contributed by atoms with Crippen molar-refractivity contribution >= 4 is 0 Å². The molecule has 1 heterocycles. The molecule has 2 rings (SSSR count). The summed E-state index contributed by atoms with van der Waals surface area (Å²) < 4.78 is 6.05. The van der Waals surface area contributed by atoms with Gasteiger partial charge in [-0.1, -0.05) is 20.8 Å². The van der Waals surface area contributed by atoms with Crippen LogP contribution in [0.5, 0.6) is 5.88 Å². The van der Waals surface area contributed by atoms with Crippen LogP contribution >= 0.6 is 0 Å². The first-order valence-corrected chi connectivity index (χ1v) is 8.04. The third-order valence-corrected chi connectivity index (χ3v) is 3.75. The average molecular weight is 276 g/mol.